The molecule has 0 N–H and O–H groups in total. The molecule has 1 aliphatic heterocycles. The summed E-state index contributed by atoms with van der Waals surface area (Å²) in [5, 5.41) is 0. The molecule has 1 aliphatic rings. The van der Waals surface area contributed by atoms with E-state index in [1.165, 1.54) is 0 Å². The fourth-order valence-corrected chi connectivity index (χ4v) is 1.98. The third-order valence-corrected chi connectivity index (χ3v) is 5.13. The van der Waals surface area contributed by atoms with Crippen LogP contribution in [0.5, 0.6) is 0 Å². The standard InChI is InChI=1S/C11H20BIO2/c1-7-8(2)9(13)12-14-10(3,4)11(5,6)15-12/h7-9H,1H2,2-6H3. The fourth-order valence-electron chi connectivity index (χ4n) is 1.40. The largest absolute Gasteiger partial charge is 0.472 e. The monoisotopic (exact) mass is 322 g/mol. The first-order chi connectivity index (χ1) is 6.71. The van der Waals surface area contributed by atoms with Gasteiger partial charge in [0.05, 0.1) is 15.0 Å². The Morgan fingerprint density at radius 1 is 1.20 bits per heavy atom. The molecule has 0 bridgehead atoms. The zero-order chi connectivity index (χ0) is 11.9. The van der Waals surface area contributed by atoms with Crippen LogP contribution in [0, 0.1) is 5.92 Å². The minimum absolute atomic E-state index is 0.136. The lowest BCUT2D eigenvalue weighted by Crippen LogP contribution is -2.41. The van der Waals surface area contributed by atoms with Crippen molar-refractivity contribution in [1.82, 2.24) is 0 Å². The van der Waals surface area contributed by atoms with E-state index in [4.69, 9.17) is 9.31 Å². The van der Waals surface area contributed by atoms with E-state index in [0.717, 1.165) is 0 Å². The molecule has 2 unspecified atom stereocenters. The minimum atomic E-state index is -0.234. The van der Waals surface area contributed by atoms with Gasteiger partial charge < -0.3 is 9.31 Å². The zero-order valence-electron chi connectivity index (χ0n) is 10.2. The lowest BCUT2D eigenvalue weighted by atomic mass is 9.78. The van der Waals surface area contributed by atoms with Crippen LogP contribution in [0.25, 0.3) is 0 Å². The number of halogens is 1. The van der Waals surface area contributed by atoms with E-state index in [-0.39, 0.29) is 18.3 Å². The highest BCUT2D eigenvalue weighted by Gasteiger charge is 2.53. The van der Waals surface area contributed by atoms with Crippen LogP contribution in [0.4, 0.5) is 0 Å². The van der Waals surface area contributed by atoms with Crippen LogP contribution in [-0.2, 0) is 9.31 Å². The third kappa shape index (κ3) is 2.58. The van der Waals surface area contributed by atoms with Gasteiger partial charge in [0.2, 0.25) is 0 Å². The van der Waals surface area contributed by atoms with Gasteiger partial charge in [-0.15, -0.1) is 6.58 Å². The van der Waals surface area contributed by atoms with Gasteiger partial charge in [-0.2, -0.15) is 0 Å². The molecular weight excluding hydrogens is 302 g/mol. The van der Waals surface area contributed by atoms with Gasteiger partial charge in [-0.1, -0.05) is 35.6 Å². The highest BCUT2D eigenvalue weighted by Crippen LogP contribution is 2.39. The van der Waals surface area contributed by atoms with Crippen molar-refractivity contribution in [1.29, 1.82) is 0 Å². The van der Waals surface area contributed by atoms with Gasteiger partial charge in [0.15, 0.2) is 0 Å². The van der Waals surface area contributed by atoms with Crippen molar-refractivity contribution in [2.24, 2.45) is 5.92 Å². The topological polar surface area (TPSA) is 18.5 Å². The molecule has 1 fully saturated rings. The van der Waals surface area contributed by atoms with Crippen LogP contribution in [0.1, 0.15) is 34.6 Å². The fraction of sp³-hybridized carbons (Fsp3) is 0.818. The second kappa shape index (κ2) is 4.38. The quantitative estimate of drug-likeness (QED) is 0.344. The Balaban J connectivity index is 2.74. The molecule has 2 atom stereocenters. The van der Waals surface area contributed by atoms with E-state index < -0.39 is 0 Å². The van der Waals surface area contributed by atoms with Crippen molar-refractivity contribution in [3.63, 3.8) is 0 Å². The summed E-state index contributed by atoms with van der Waals surface area (Å²) in [6, 6.07) is 0. The molecular formula is C11H20BIO2. The van der Waals surface area contributed by atoms with E-state index in [1.807, 2.05) is 6.08 Å². The molecule has 0 aromatic rings. The molecule has 0 aliphatic carbocycles. The van der Waals surface area contributed by atoms with Gasteiger partial charge in [0.25, 0.3) is 0 Å². The second-order valence-corrected chi connectivity index (χ2v) is 6.60. The molecule has 2 nitrogen and oxygen atoms in total. The summed E-state index contributed by atoms with van der Waals surface area (Å²) in [4.78, 5) is 0. The van der Waals surface area contributed by atoms with E-state index in [1.54, 1.807) is 0 Å². The van der Waals surface area contributed by atoms with Crippen LogP contribution in [0.2, 0.25) is 0 Å². The molecule has 1 heterocycles. The number of rotatable bonds is 3. The van der Waals surface area contributed by atoms with Crippen molar-refractivity contribution in [2.75, 3.05) is 0 Å². The van der Waals surface area contributed by atoms with Crippen LogP contribution in [0.15, 0.2) is 12.7 Å². The molecule has 86 valence electrons. The summed E-state index contributed by atoms with van der Waals surface area (Å²) >= 11 is 2.38. The molecule has 0 aromatic heterocycles. The van der Waals surface area contributed by atoms with Gasteiger partial charge in [-0.25, -0.2) is 0 Å². The predicted octanol–water partition coefficient (Wildman–Crippen LogP) is 3.24. The molecule has 4 heteroatoms. The Bertz CT molecular complexity index is 237. The Hall–Kier alpha value is 0.455. The first-order valence-corrected chi connectivity index (χ1v) is 6.58. The van der Waals surface area contributed by atoms with Crippen LogP contribution in [-0.4, -0.2) is 22.1 Å². The first-order valence-electron chi connectivity index (χ1n) is 5.33. The van der Waals surface area contributed by atoms with Crippen molar-refractivity contribution in [2.45, 2.75) is 49.6 Å². The predicted molar refractivity (Wildman–Crippen MR) is 73.3 cm³/mol. The number of hydrogen-bond donors (Lipinski definition) is 0. The third-order valence-electron chi connectivity index (χ3n) is 3.41. The molecule has 1 rings (SSSR count). The molecule has 1 saturated heterocycles. The SMILES string of the molecule is C=CC(C)C(I)B1OC(C)(C)C(C)(C)O1. The van der Waals surface area contributed by atoms with Crippen LogP contribution >= 0.6 is 22.6 Å². The smallest absolute Gasteiger partial charge is 0.403 e. The molecule has 15 heavy (non-hydrogen) atoms. The summed E-state index contributed by atoms with van der Waals surface area (Å²) < 4.78 is 12.2. The second-order valence-electron chi connectivity index (χ2n) is 5.16. The number of alkyl halides is 1. The number of allylic oxidation sites excluding steroid dienone is 1. The Morgan fingerprint density at radius 3 is 1.93 bits per heavy atom. The summed E-state index contributed by atoms with van der Waals surface area (Å²) in [5.41, 5.74) is -0.468. The average Bonchev–Trinajstić information content (AvgIpc) is 2.33. The zero-order valence-corrected chi connectivity index (χ0v) is 12.4. The minimum Gasteiger partial charge on any atom is -0.403 e. The molecule has 0 saturated carbocycles. The molecule has 0 radical (unpaired) electrons. The van der Waals surface area contributed by atoms with Gasteiger partial charge in [0.1, 0.15) is 0 Å². The van der Waals surface area contributed by atoms with E-state index in [2.05, 4.69) is 63.8 Å². The van der Waals surface area contributed by atoms with E-state index >= 15 is 0 Å². The van der Waals surface area contributed by atoms with Crippen LogP contribution < -0.4 is 0 Å². The van der Waals surface area contributed by atoms with Crippen molar-refractivity contribution in [3.05, 3.63) is 12.7 Å². The highest BCUT2D eigenvalue weighted by atomic mass is 127. The molecule has 0 amide bonds. The normalized spacial score (nSPS) is 27.5. The summed E-state index contributed by atoms with van der Waals surface area (Å²) in [7, 11) is -0.136. The number of hydrogen-bond acceptors (Lipinski definition) is 2. The summed E-state index contributed by atoms with van der Waals surface area (Å²) in [6.07, 6.45) is 1.95. The van der Waals surface area contributed by atoms with Gasteiger partial charge in [-0.05, 0) is 33.6 Å². The first kappa shape index (κ1) is 13.5. The van der Waals surface area contributed by atoms with Gasteiger partial charge in [0, 0.05) is 0 Å². The van der Waals surface area contributed by atoms with Gasteiger partial charge >= 0.3 is 7.12 Å². The summed E-state index contributed by atoms with van der Waals surface area (Å²) in [6.45, 7) is 14.3. The molecule has 0 aromatic carbocycles. The lowest BCUT2D eigenvalue weighted by molar-refractivity contribution is 0.00578. The maximum absolute atomic E-state index is 5.97. The maximum Gasteiger partial charge on any atom is 0.472 e. The van der Waals surface area contributed by atoms with Crippen molar-refractivity contribution >= 4 is 29.7 Å². The Morgan fingerprint density at radius 2 is 1.60 bits per heavy atom. The average molecular weight is 322 g/mol. The van der Waals surface area contributed by atoms with Crippen molar-refractivity contribution < 1.29 is 9.31 Å². The Kier molecular flexibility index (Phi) is 3.94. The summed E-state index contributed by atoms with van der Waals surface area (Å²) in [5.74, 6) is 0.389. The van der Waals surface area contributed by atoms with Crippen molar-refractivity contribution in [3.8, 4) is 0 Å². The highest BCUT2D eigenvalue weighted by molar-refractivity contribution is 14.1. The van der Waals surface area contributed by atoms with E-state index in [9.17, 15) is 0 Å². The lowest BCUT2D eigenvalue weighted by Gasteiger charge is -2.32. The van der Waals surface area contributed by atoms with Gasteiger partial charge in [-0.3, -0.25) is 0 Å². The van der Waals surface area contributed by atoms with Crippen LogP contribution in [0.3, 0.4) is 0 Å². The van der Waals surface area contributed by atoms with E-state index in [0.29, 0.717) is 9.74 Å². The maximum atomic E-state index is 5.97. The molecule has 0 spiro atoms. The Labute approximate surface area is 107 Å².